The molecule has 0 spiro atoms. The molecule has 0 heterocycles. The Labute approximate surface area is 84.6 Å². The normalized spacial score (nSPS) is 11.8. The van der Waals surface area contributed by atoms with Crippen molar-refractivity contribution in [1.29, 1.82) is 0 Å². The molecule has 0 bridgehead atoms. The van der Waals surface area contributed by atoms with Gasteiger partial charge in [0.2, 0.25) is 0 Å². The van der Waals surface area contributed by atoms with Gasteiger partial charge in [-0.1, -0.05) is 59.8 Å². The summed E-state index contributed by atoms with van der Waals surface area (Å²) in [5.41, 5.74) is 0. The maximum absolute atomic E-state index is 9.16. The highest BCUT2D eigenvalue weighted by molar-refractivity contribution is 4.51. The fourth-order valence-corrected chi connectivity index (χ4v) is 1.01. The van der Waals surface area contributed by atoms with E-state index in [-0.39, 0.29) is 6.10 Å². The van der Waals surface area contributed by atoms with E-state index in [0.29, 0.717) is 0 Å². The van der Waals surface area contributed by atoms with Crippen molar-refractivity contribution in [1.82, 2.24) is 0 Å². The van der Waals surface area contributed by atoms with Crippen LogP contribution in [-0.2, 0) is 0 Å². The van der Waals surface area contributed by atoms with Crippen LogP contribution in [0.25, 0.3) is 0 Å². The van der Waals surface area contributed by atoms with Crippen LogP contribution < -0.4 is 0 Å². The minimum absolute atomic E-state index is 0.0446. The summed E-state index contributed by atoms with van der Waals surface area (Å²) in [7, 11) is 0. The molecule has 1 heteroatoms. The molecule has 0 aliphatic carbocycles. The van der Waals surface area contributed by atoms with Crippen LogP contribution in [0.15, 0.2) is 0 Å². The smallest absolute Gasteiger partial charge is 0.0537 e. The van der Waals surface area contributed by atoms with E-state index in [4.69, 9.17) is 5.11 Å². The summed E-state index contributed by atoms with van der Waals surface area (Å²) in [6.45, 7) is 8.49. The first-order valence-corrected chi connectivity index (χ1v) is 5.90. The van der Waals surface area contributed by atoms with E-state index in [1.54, 1.807) is 0 Å². The lowest BCUT2D eigenvalue weighted by atomic mass is 10.1. The first kappa shape index (κ1) is 15.4. The molecule has 0 rings (SSSR count). The number of aliphatic hydroxyl groups is 1. The number of hydrogen-bond donors (Lipinski definition) is 1. The van der Waals surface area contributed by atoms with Crippen molar-refractivity contribution in [3.63, 3.8) is 0 Å². The Morgan fingerprint density at radius 3 is 1.85 bits per heavy atom. The molecule has 1 N–H and O–H groups in total. The average molecular weight is 188 g/mol. The van der Waals surface area contributed by atoms with E-state index < -0.39 is 0 Å². The van der Waals surface area contributed by atoms with Crippen molar-refractivity contribution in [2.75, 3.05) is 0 Å². The monoisotopic (exact) mass is 188 g/mol. The van der Waals surface area contributed by atoms with Gasteiger partial charge in [-0.15, -0.1) is 0 Å². The Hall–Kier alpha value is -0.0400. The van der Waals surface area contributed by atoms with Crippen molar-refractivity contribution in [2.24, 2.45) is 0 Å². The first-order chi connectivity index (χ1) is 6.22. The molecular formula is C12H28O. The van der Waals surface area contributed by atoms with Crippen molar-refractivity contribution >= 4 is 0 Å². The highest BCUT2D eigenvalue weighted by atomic mass is 16.3. The van der Waals surface area contributed by atoms with Gasteiger partial charge in [-0.2, -0.15) is 0 Å². The molecule has 1 atom stereocenters. The fourth-order valence-electron chi connectivity index (χ4n) is 1.01. The minimum Gasteiger partial charge on any atom is -0.393 e. The zero-order chi connectivity index (χ0) is 10.5. The van der Waals surface area contributed by atoms with Crippen LogP contribution in [0.2, 0.25) is 0 Å². The summed E-state index contributed by atoms with van der Waals surface area (Å²) >= 11 is 0. The number of rotatable bonds is 6. The summed E-state index contributed by atoms with van der Waals surface area (Å²) in [6, 6.07) is 0. The SMILES string of the molecule is CCC.CCCCCCC(O)CC. The van der Waals surface area contributed by atoms with Crippen molar-refractivity contribution < 1.29 is 5.11 Å². The maximum Gasteiger partial charge on any atom is 0.0537 e. The van der Waals surface area contributed by atoms with Gasteiger partial charge in [-0.25, -0.2) is 0 Å². The van der Waals surface area contributed by atoms with Crippen LogP contribution in [0.4, 0.5) is 0 Å². The molecule has 0 radical (unpaired) electrons. The molecule has 1 unspecified atom stereocenters. The third kappa shape index (κ3) is 18.7. The fraction of sp³-hybridized carbons (Fsp3) is 1.00. The molecule has 0 aliphatic rings. The van der Waals surface area contributed by atoms with Crippen molar-refractivity contribution in [3.05, 3.63) is 0 Å². The second-order valence-electron chi connectivity index (χ2n) is 3.62. The van der Waals surface area contributed by atoms with E-state index in [2.05, 4.69) is 20.8 Å². The molecule has 0 amide bonds. The van der Waals surface area contributed by atoms with Gasteiger partial charge in [0.15, 0.2) is 0 Å². The van der Waals surface area contributed by atoms with E-state index >= 15 is 0 Å². The number of aliphatic hydroxyl groups excluding tert-OH is 1. The van der Waals surface area contributed by atoms with Crippen LogP contribution in [0.1, 0.15) is 72.6 Å². The summed E-state index contributed by atoms with van der Waals surface area (Å²) in [6.07, 6.45) is 8.19. The molecule has 0 aromatic rings. The molecule has 0 aromatic heterocycles. The van der Waals surface area contributed by atoms with Crippen LogP contribution in [0.3, 0.4) is 0 Å². The van der Waals surface area contributed by atoms with Gasteiger partial charge in [-0.3, -0.25) is 0 Å². The topological polar surface area (TPSA) is 20.2 Å². The Morgan fingerprint density at radius 2 is 1.46 bits per heavy atom. The molecule has 13 heavy (non-hydrogen) atoms. The molecule has 1 nitrogen and oxygen atoms in total. The number of hydrogen-bond acceptors (Lipinski definition) is 1. The zero-order valence-corrected chi connectivity index (χ0v) is 9.97. The van der Waals surface area contributed by atoms with Crippen LogP contribution in [0.5, 0.6) is 0 Å². The molecule has 0 aromatic carbocycles. The van der Waals surface area contributed by atoms with Crippen LogP contribution >= 0.6 is 0 Å². The lowest BCUT2D eigenvalue weighted by Crippen LogP contribution is -2.03. The molecule has 82 valence electrons. The quantitative estimate of drug-likeness (QED) is 0.621. The predicted octanol–water partition coefficient (Wildman–Crippen LogP) is 4.14. The molecule has 0 aliphatic heterocycles. The molecular weight excluding hydrogens is 160 g/mol. The van der Waals surface area contributed by atoms with Gasteiger partial charge >= 0.3 is 0 Å². The Morgan fingerprint density at radius 1 is 0.923 bits per heavy atom. The van der Waals surface area contributed by atoms with Gasteiger partial charge in [0.25, 0.3) is 0 Å². The number of unbranched alkanes of at least 4 members (excludes halogenated alkanes) is 3. The summed E-state index contributed by atoms with van der Waals surface area (Å²) in [5.74, 6) is 0. The van der Waals surface area contributed by atoms with Crippen LogP contribution in [0, 0.1) is 0 Å². The summed E-state index contributed by atoms with van der Waals surface area (Å²) in [4.78, 5) is 0. The van der Waals surface area contributed by atoms with Crippen molar-refractivity contribution in [2.45, 2.75) is 78.7 Å². The Kier molecular flexibility index (Phi) is 17.2. The first-order valence-electron chi connectivity index (χ1n) is 5.90. The maximum atomic E-state index is 9.16. The third-order valence-corrected chi connectivity index (χ3v) is 1.86. The van der Waals surface area contributed by atoms with Gasteiger partial charge in [0.1, 0.15) is 0 Å². The summed E-state index contributed by atoms with van der Waals surface area (Å²) < 4.78 is 0. The average Bonchev–Trinajstić information content (AvgIpc) is 2.13. The summed E-state index contributed by atoms with van der Waals surface area (Å²) in [5, 5.41) is 9.16. The van der Waals surface area contributed by atoms with Gasteiger partial charge in [0, 0.05) is 0 Å². The van der Waals surface area contributed by atoms with Gasteiger partial charge < -0.3 is 5.11 Å². The second kappa shape index (κ2) is 14.5. The van der Waals surface area contributed by atoms with E-state index in [0.717, 1.165) is 12.8 Å². The van der Waals surface area contributed by atoms with Gasteiger partial charge in [0.05, 0.1) is 6.10 Å². The molecule has 0 saturated heterocycles. The van der Waals surface area contributed by atoms with Crippen LogP contribution in [-0.4, -0.2) is 11.2 Å². The van der Waals surface area contributed by atoms with E-state index in [9.17, 15) is 0 Å². The van der Waals surface area contributed by atoms with Gasteiger partial charge in [-0.05, 0) is 12.8 Å². The predicted molar refractivity (Wildman–Crippen MR) is 61.0 cm³/mol. The molecule has 0 fully saturated rings. The largest absolute Gasteiger partial charge is 0.393 e. The Balaban J connectivity index is 0. The lowest BCUT2D eigenvalue weighted by molar-refractivity contribution is 0.156. The van der Waals surface area contributed by atoms with E-state index in [1.807, 2.05) is 6.92 Å². The minimum atomic E-state index is -0.0446. The zero-order valence-electron chi connectivity index (χ0n) is 9.97. The third-order valence-electron chi connectivity index (χ3n) is 1.86. The second-order valence-corrected chi connectivity index (χ2v) is 3.62. The lowest BCUT2D eigenvalue weighted by Gasteiger charge is -2.05. The standard InChI is InChI=1S/C9H20O.C3H8/c1-3-5-6-7-8-9(10)4-2;1-3-2/h9-10H,3-8H2,1-2H3;3H2,1-2H3. The highest BCUT2D eigenvalue weighted by Crippen LogP contribution is 2.06. The van der Waals surface area contributed by atoms with Crippen molar-refractivity contribution in [3.8, 4) is 0 Å². The highest BCUT2D eigenvalue weighted by Gasteiger charge is 1.98. The van der Waals surface area contributed by atoms with E-state index in [1.165, 1.54) is 32.1 Å². The molecule has 0 saturated carbocycles. The Bertz CT molecular complexity index is 71.5.